The van der Waals surface area contributed by atoms with E-state index in [1.165, 1.54) is 0 Å². The van der Waals surface area contributed by atoms with E-state index in [9.17, 15) is 9.36 Å². The van der Waals surface area contributed by atoms with Crippen LogP contribution in [0.4, 0.5) is 0 Å². The van der Waals surface area contributed by atoms with Crippen molar-refractivity contribution in [3.63, 3.8) is 0 Å². The van der Waals surface area contributed by atoms with Crippen molar-refractivity contribution in [3.8, 4) is 0 Å². The molecular formula is C13H18ClO4P. The van der Waals surface area contributed by atoms with Crippen LogP contribution in [0.1, 0.15) is 29.8 Å². The molecule has 1 aromatic rings. The van der Waals surface area contributed by atoms with Crippen molar-refractivity contribution in [1.29, 1.82) is 0 Å². The Morgan fingerprint density at radius 1 is 1.21 bits per heavy atom. The van der Waals surface area contributed by atoms with Crippen LogP contribution < -0.4 is 0 Å². The van der Waals surface area contributed by atoms with Gasteiger partial charge >= 0.3 is 7.60 Å². The standard InChI is InChI=1S/C13H18ClO4P/c1-4-17-19(16,18-5-2)13(14)12(15)11-8-6-10(3)7-9-11/h6-9,13H,4-5H2,1-3H3. The summed E-state index contributed by atoms with van der Waals surface area (Å²) in [6.07, 6.45) is 0. The van der Waals surface area contributed by atoms with E-state index in [2.05, 4.69) is 0 Å². The lowest BCUT2D eigenvalue weighted by atomic mass is 10.1. The molecule has 0 heterocycles. The Morgan fingerprint density at radius 3 is 2.11 bits per heavy atom. The number of alkyl halides is 1. The molecule has 0 aliphatic rings. The molecule has 0 spiro atoms. The third-order valence-electron chi connectivity index (χ3n) is 2.45. The van der Waals surface area contributed by atoms with Gasteiger partial charge < -0.3 is 9.05 Å². The summed E-state index contributed by atoms with van der Waals surface area (Å²) in [6, 6.07) is 6.89. The number of carbonyl (C=O) groups excluding carboxylic acids is 1. The Kier molecular flexibility index (Phi) is 6.21. The van der Waals surface area contributed by atoms with Gasteiger partial charge in [-0.3, -0.25) is 9.36 Å². The van der Waals surface area contributed by atoms with Crippen LogP contribution in [-0.4, -0.2) is 24.1 Å². The van der Waals surface area contributed by atoms with E-state index in [1.54, 1.807) is 38.1 Å². The molecule has 0 saturated heterocycles. The molecule has 1 atom stereocenters. The monoisotopic (exact) mass is 304 g/mol. The number of benzene rings is 1. The molecule has 0 bridgehead atoms. The molecule has 4 nitrogen and oxygen atoms in total. The molecule has 19 heavy (non-hydrogen) atoms. The average molecular weight is 305 g/mol. The molecule has 0 aliphatic heterocycles. The fourth-order valence-corrected chi connectivity index (χ4v) is 3.48. The third kappa shape index (κ3) is 4.15. The van der Waals surface area contributed by atoms with Gasteiger partial charge in [0.05, 0.1) is 13.2 Å². The predicted octanol–water partition coefficient (Wildman–Crippen LogP) is 4.01. The lowest BCUT2D eigenvalue weighted by Gasteiger charge is -2.20. The fourth-order valence-electron chi connectivity index (χ4n) is 1.53. The summed E-state index contributed by atoms with van der Waals surface area (Å²) in [5.41, 5.74) is 1.42. The van der Waals surface area contributed by atoms with Gasteiger partial charge in [-0.25, -0.2) is 0 Å². The molecule has 1 aromatic carbocycles. The molecule has 1 unspecified atom stereocenters. The van der Waals surface area contributed by atoms with Gasteiger partial charge in [-0.15, -0.1) is 11.6 Å². The molecule has 0 fully saturated rings. The summed E-state index contributed by atoms with van der Waals surface area (Å²) in [6.45, 7) is 5.60. The first-order chi connectivity index (χ1) is 8.94. The highest BCUT2D eigenvalue weighted by Crippen LogP contribution is 2.55. The number of ketones is 1. The van der Waals surface area contributed by atoms with Gasteiger partial charge in [-0.1, -0.05) is 29.8 Å². The second-order valence-corrected chi connectivity index (χ2v) is 6.79. The lowest BCUT2D eigenvalue weighted by Crippen LogP contribution is -2.18. The molecule has 0 aromatic heterocycles. The maximum atomic E-state index is 12.4. The number of aryl methyl sites for hydroxylation is 1. The summed E-state index contributed by atoms with van der Waals surface area (Å²) in [5, 5.41) is -1.32. The quantitative estimate of drug-likeness (QED) is 0.434. The van der Waals surface area contributed by atoms with E-state index >= 15 is 0 Å². The van der Waals surface area contributed by atoms with E-state index < -0.39 is 18.5 Å². The zero-order valence-corrected chi connectivity index (χ0v) is 12.9. The summed E-state index contributed by atoms with van der Waals surface area (Å²) < 4.78 is 22.6. The van der Waals surface area contributed by atoms with Crippen molar-refractivity contribution in [1.82, 2.24) is 0 Å². The van der Waals surface area contributed by atoms with Gasteiger partial charge in [-0.05, 0) is 20.8 Å². The van der Waals surface area contributed by atoms with E-state index in [1.807, 2.05) is 6.92 Å². The van der Waals surface area contributed by atoms with Gasteiger partial charge in [0, 0.05) is 5.56 Å². The van der Waals surface area contributed by atoms with Crippen molar-refractivity contribution in [2.75, 3.05) is 13.2 Å². The van der Waals surface area contributed by atoms with Crippen LogP contribution in [0.2, 0.25) is 0 Å². The van der Waals surface area contributed by atoms with Crippen LogP contribution in [0.3, 0.4) is 0 Å². The van der Waals surface area contributed by atoms with Crippen LogP contribution in [0.5, 0.6) is 0 Å². The minimum absolute atomic E-state index is 0.168. The smallest absolute Gasteiger partial charge is 0.308 e. The summed E-state index contributed by atoms with van der Waals surface area (Å²) in [5.74, 6) is -0.452. The highest BCUT2D eigenvalue weighted by atomic mass is 35.5. The molecule has 0 amide bonds. The number of carbonyl (C=O) groups is 1. The summed E-state index contributed by atoms with van der Waals surface area (Å²) in [7, 11) is -3.63. The zero-order valence-electron chi connectivity index (χ0n) is 11.3. The molecule has 0 radical (unpaired) electrons. The van der Waals surface area contributed by atoms with Crippen molar-refractivity contribution < 1.29 is 18.4 Å². The number of hydrogen-bond acceptors (Lipinski definition) is 4. The lowest BCUT2D eigenvalue weighted by molar-refractivity contribution is 0.0992. The van der Waals surface area contributed by atoms with Crippen LogP contribution in [0.15, 0.2) is 24.3 Å². The van der Waals surface area contributed by atoms with Gasteiger partial charge in [0.25, 0.3) is 0 Å². The van der Waals surface area contributed by atoms with Crippen molar-refractivity contribution in [2.45, 2.75) is 25.9 Å². The first-order valence-corrected chi connectivity index (χ1v) is 8.13. The van der Waals surface area contributed by atoms with Crippen LogP contribution in [-0.2, 0) is 13.6 Å². The molecule has 106 valence electrons. The first kappa shape index (κ1) is 16.4. The molecule has 6 heteroatoms. The minimum atomic E-state index is -3.63. The fraction of sp³-hybridized carbons (Fsp3) is 0.462. The van der Waals surface area contributed by atoms with Gasteiger partial charge in [0.2, 0.25) is 0 Å². The Balaban J connectivity index is 2.96. The Bertz CT molecular complexity index is 462. The second kappa shape index (κ2) is 7.20. The maximum Gasteiger partial charge on any atom is 0.356 e. The van der Waals surface area contributed by atoms with Crippen LogP contribution in [0.25, 0.3) is 0 Å². The normalized spacial score (nSPS) is 13.3. The Hall–Kier alpha value is -0.670. The molecule has 1 rings (SSSR count). The highest BCUT2D eigenvalue weighted by Gasteiger charge is 2.39. The first-order valence-electron chi connectivity index (χ1n) is 6.08. The topological polar surface area (TPSA) is 52.6 Å². The molecular weight excluding hydrogens is 287 g/mol. The third-order valence-corrected chi connectivity index (χ3v) is 5.39. The number of hydrogen-bond donors (Lipinski definition) is 0. The van der Waals surface area contributed by atoms with Crippen molar-refractivity contribution >= 4 is 25.0 Å². The minimum Gasteiger partial charge on any atom is -0.308 e. The molecule has 0 aliphatic carbocycles. The average Bonchev–Trinajstić information content (AvgIpc) is 2.38. The highest BCUT2D eigenvalue weighted by molar-refractivity contribution is 7.58. The van der Waals surface area contributed by atoms with E-state index in [4.69, 9.17) is 20.6 Å². The summed E-state index contributed by atoms with van der Waals surface area (Å²) >= 11 is 6.01. The predicted molar refractivity (Wildman–Crippen MR) is 76.0 cm³/mol. The van der Waals surface area contributed by atoms with Crippen LogP contribution in [0, 0.1) is 6.92 Å². The SMILES string of the molecule is CCOP(=O)(OCC)C(Cl)C(=O)c1ccc(C)cc1. The zero-order chi connectivity index (χ0) is 14.5. The van der Waals surface area contributed by atoms with E-state index in [-0.39, 0.29) is 13.2 Å². The second-order valence-electron chi connectivity index (χ2n) is 3.94. The Labute approximate surface area is 118 Å². The van der Waals surface area contributed by atoms with Crippen molar-refractivity contribution in [3.05, 3.63) is 35.4 Å². The molecule has 0 saturated carbocycles. The summed E-state index contributed by atoms with van der Waals surface area (Å²) in [4.78, 5) is 12.2. The van der Waals surface area contributed by atoms with E-state index in [0.29, 0.717) is 5.56 Å². The Morgan fingerprint density at radius 2 is 1.68 bits per heavy atom. The van der Waals surface area contributed by atoms with Gasteiger partial charge in [0.15, 0.2) is 10.9 Å². The largest absolute Gasteiger partial charge is 0.356 e. The molecule has 0 N–H and O–H groups in total. The van der Waals surface area contributed by atoms with Gasteiger partial charge in [-0.2, -0.15) is 0 Å². The maximum absolute atomic E-state index is 12.4. The van der Waals surface area contributed by atoms with E-state index in [0.717, 1.165) is 5.56 Å². The van der Waals surface area contributed by atoms with Gasteiger partial charge in [0.1, 0.15) is 0 Å². The van der Waals surface area contributed by atoms with Crippen molar-refractivity contribution in [2.24, 2.45) is 0 Å². The van der Waals surface area contributed by atoms with Crippen LogP contribution >= 0.6 is 19.2 Å². The number of Topliss-reactive ketones (excluding diaryl/α,β-unsaturated/α-hetero) is 1. The number of rotatable bonds is 7. The number of halogens is 1.